The molecular formula is C20H18N4O5. The molecule has 9 heteroatoms. The fraction of sp³-hybridized carbons (Fsp3) is 0.100. The van der Waals surface area contributed by atoms with E-state index >= 15 is 0 Å². The van der Waals surface area contributed by atoms with Gasteiger partial charge in [0.15, 0.2) is 0 Å². The number of amides is 1. The lowest BCUT2D eigenvalue weighted by Crippen LogP contribution is -2.18. The Morgan fingerprint density at radius 3 is 2.69 bits per heavy atom. The van der Waals surface area contributed by atoms with Crippen molar-refractivity contribution in [3.8, 4) is 17.2 Å². The minimum absolute atomic E-state index is 0.0148. The molecule has 0 atom stereocenters. The van der Waals surface area contributed by atoms with Gasteiger partial charge in [-0.1, -0.05) is 6.07 Å². The van der Waals surface area contributed by atoms with Crippen LogP contribution in [0.1, 0.15) is 16.1 Å². The summed E-state index contributed by atoms with van der Waals surface area (Å²) in [7, 11) is 2.98. The summed E-state index contributed by atoms with van der Waals surface area (Å²) in [5, 5.41) is 15.0. The molecule has 0 radical (unpaired) electrons. The molecule has 0 saturated carbocycles. The third kappa shape index (κ3) is 4.41. The number of hydrazone groups is 1. The van der Waals surface area contributed by atoms with E-state index in [0.29, 0.717) is 28.4 Å². The minimum Gasteiger partial charge on any atom is -0.497 e. The zero-order valence-corrected chi connectivity index (χ0v) is 15.7. The van der Waals surface area contributed by atoms with Crippen molar-refractivity contribution < 1.29 is 19.2 Å². The number of nitrogens with zero attached hydrogens (tertiary/aromatic N) is 3. The van der Waals surface area contributed by atoms with E-state index in [9.17, 15) is 14.9 Å². The van der Waals surface area contributed by atoms with Gasteiger partial charge in [-0.05, 0) is 30.3 Å². The molecular weight excluding hydrogens is 376 g/mol. The van der Waals surface area contributed by atoms with Gasteiger partial charge < -0.3 is 14.0 Å². The molecule has 2 aromatic carbocycles. The van der Waals surface area contributed by atoms with E-state index < -0.39 is 10.8 Å². The summed E-state index contributed by atoms with van der Waals surface area (Å²) in [6.45, 7) is 0. The molecule has 0 fully saturated rings. The molecule has 0 spiro atoms. The lowest BCUT2D eigenvalue weighted by molar-refractivity contribution is -0.384. The molecule has 1 heterocycles. The Bertz CT molecular complexity index is 1070. The van der Waals surface area contributed by atoms with Crippen molar-refractivity contribution >= 4 is 17.8 Å². The molecule has 0 unspecified atom stereocenters. The molecule has 3 rings (SSSR count). The molecule has 0 aliphatic heterocycles. The maximum Gasteiger partial charge on any atom is 0.275 e. The number of carbonyl (C=O) groups is 1. The summed E-state index contributed by atoms with van der Waals surface area (Å²) >= 11 is 0. The lowest BCUT2D eigenvalue weighted by Gasteiger charge is -2.09. The molecule has 1 N–H and O–H groups in total. The van der Waals surface area contributed by atoms with Gasteiger partial charge in [-0.3, -0.25) is 14.9 Å². The molecule has 29 heavy (non-hydrogen) atoms. The Kier molecular flexibility index (Phi) is 5.88. The molecule has 148 valence electrons. The first-order valence-corrected chi connectivity index (χ1v) is 8.51. The summed E-state index contributed by atoms with van der Waals surface area (Å²) < 4.78 is 12.0. The first-order valence-electron chi connectivity index (χ1n) is 8.51. The highest BCUT2D eigenvalue weighted by Crippen LogP contribution is 2.24. The van der Waals surface area contributed by atoms with Gasteiger partial charge in [-0.25, -0.2) is 5.43 Å². The highest BCUT2D eigenvalue weighted by Gasteiger charge is 2.13. The molecule has 0 aliphatic rings. The van der Waals surface area contributed by atoms with Crippen molar-refractivity contribution in [2.45, 2.75) is 0 Å². The van der Waals surface area contributed by atoms with E-state index in [0.717, 1.165) is 0 Å². The van der Waals surface area contributed by atoms with Crippen molar-refractivity contribution in [2.24, 2.45) is 5.10 Å². The molecule has 0 aliphatic carbocycles. The first-order chi connectivity index (χ1) is 14.0. The summed E-state index contributed by atoms with van der Waals surface area (Å²) in [4.78, 5) is 22.9. The largest absolute Gasteiger partial charge is 0.497 e. The molecule has 0 saturated heterocycles. The second-order valence-corrected chi connectivity index (χ2v) is 5.85. The van der Waals surface area contributed by atoms with Crippen LogP contribution in [-0.2, 0) is 0 Å². The van der Waals surface area contributed by atoms with Crippen LogP contribution in [0, 0.1) is 10.1 Å². The number of rotatable bonds is 7. The van der Waals surface area contributed by atoms with Crippen LogP contribution >= 0.6 is 0 Å². The topological polar surface area (TPSA) is 108 Å². The van der Waals surface area contributed by atoms with Crippen molar-refractivity contribution in [1.29, 1.82) is 0 Å². The Labute approximate surface area is 166 Å². The third-order valence-electron chi connectivity index (χ3n) is 4.12. The van der Waals surface area contributed by atoms with Crippen LogP contribution in [-0.4, -0.2) is 35.8 Å². The number of non-ortho nitro benzene ring substituents is 1. The van der Waals surface area contributed by atoms with Crippen LogP contribution in [0.25, 0.3) is 5.69 Å². The van der Waals surface area contributed by atoms with Gasteiger partial charge in [0, 0.05) is 24.4 Å². The Morgan fingerprint density at radius 2 is 1.97 bits per heavy atom. The number of methoxy groups -OCH3 is 2. The van der Waals surface area contributed by atoms with Crippen molar-refractivity contribution in [2.75, 3.05) is 14.2 Å². The molecule has 1 amide bonds. The Morgan fingerprint density at radius 1 is 1.14 bits per heavy atom. The van der Waals surface area contributed by atoms with E-state index in [2.05, 4.69) is 10.5 Å². The van der Waals surface area contributed by atoms with Crippen molar-refractivity contribution in [1.82, 2.24) is 9.99 Å². The average Bonchev–Trinajstić information content (AvgIpc) is 3.21. The number of nitro groups is 1. The fourth-order valence-electron chi connectivity index (χ4n) is 2.69. The quantitative estimate of drug-likeness (QED) is 0.376. The second-order valence-electron chi connectivity index (χ2n) is 5.85. The highest BCUT2D eigenvalue weighted by atomic mass is 16.6. The Hall–Kier alpha value is -4.14. The van der Waals surface area contributed by atoms with Gasteiger partial charge in [-0.15, -0.1) is 0 Å². The van der Waals surface area contributed by atoms with E-state index in [1.807, 2.05) is 0 Å². The standard InChI is InChI=1S/C20H18N4O5/c1-28-17-8-9-18(19(12-17)29-2)20(25)22-21-13-16-7-4-10-23(16)14-5-3-6-15(11-14)24(26)27/h3-13H,1-2H3,(H,22,25)/b21-13-. The maximum absolute atomic E-state index is 12.4. The zero-order chi connectivity index (χ0) is 20.8. The summed E-state index contributed by atoms with van der Waals surface area (Å²) in [6, 6.07) is 14.6. The first kappa shape index (κ1) is 19.6. The number of benzene rings is 2. The van der Waals surface area contributed by atoms with Crippen LogP contribution in [0.2, 0.25) is 0 Å². The predicted molar refractivity (Wildman–Crippen MR) is 107 cm³/mol. The van der Waals surface area contributed by atoms with Gasteiger partial charge in [-0.2, -0.15) is 5.10 Å². The monoisotopic (exact) mass is 394 g/mol. The van der Waals surface area contributed by atoms with Gasteiger partial charge >= 0.3 is 0 Å². The molecule has 3 aromatic rings. The van der Waals surface area contributed by atoms with Crippen LogP contribution in [0.15, 0.2) is 65.9 Å². The number of nitrogens with one attached hydrogen (secondary N) is 1. The molecule has 9 nitrogen and oxygen atoms in total. The number of nitro benzene ring substituents is 1. The molecule has 1 aromatic heterocycles. The number of ether oxygens (including phenoxy) is 2. The van der Waals surface area contributed by atoms with E-state index in [1.54, 1.807) is 53.2 Å². The van der Waals surface area contributed by atoms with Gasteiger partial charge in [0.2, 0.25) is 0 Å². The number of aromatic nitrogens is 1. The Balaban J connectivity index is 1.77. The van der Waals surface area contributed by atoms with Crippen LogP contribution in [0.3, 0.4) is 0 Å². The number of carbonyl (C=O) groups excluding carboxylic acids is 1. The lowest BCUT2D eigenvalue weighted by atomic mass is 10.2. The number of hydrogen-bond acceptors (Lipinski definition) is 6. The number of hydrogen-bond donors (Lipinski definition) is 1. The molecule has 0 bridgehead atoms. The van der Waals surface area contributed by atoms with E-state index in [1.165, 1.54) is 32.6 Å². The van der Waals surface area contributed by atoms with Crippen LogP contribution in [0.5, 0.6) is 11.5 Å². The minimum atomic E-state index is -0.455. The SMILES string of the molecule is COc1ccc(C(=O)N/N=C\c2cccn2-c2cccc([N+](=O)[O-])c2)c(OC)c1. The smallest absolute Gasteiger partial charge is 0.275 e. The van der Waals surface area contributed by atoms with E-state index in [4.69, 9.17) is 9.47 Å². The van der Waals surface area contributed by atoms with Gasteiger partial charge in [0.25, 0.3) is 11.6 Å². The summed E-state index contributed by atoms with van der Waals surface area (Å²) in [5.74, 6) is 0.475. The summed E-state index contributed by atoms with van der Waals surface area (Å²) in [6.07, 6.45) is 3.20. The fourth-order valence-corrected chi connectivity index (χ4v) is 2.69. The van der Waals surface area contributed by atoms with Gasteiger partial charge in [0.1, 0.15) is 11.5 Å². The van der Waals surface area contributed by atoms with Crippen LogP contribution < -0.4 is 14.9 Å². The average molecular weight is 394 g/mol. The summed E-state index contributed by atoms with van der Waals surface area (Å²) in [5.41, 5.74) is 3.97. The van der Waals surface area contributed by atoms with E-state index in [-0.39, 0.29) is 5.69 Å². The van der Waals surface area contributed by atoms with Crippen LogP contribution in [0.4, 0.5) is 5.69 Å². The predicted octanol–water partition coefficient (Wildman–Crippen LogP) is 3.17. The zero-order valence-electron chi connectivity index (χ0n) is 15.7. The maximum atomic E-state index is 12.4. The third-order valence-corrected chi connectivity index (χ3v) is 4.12. The van der Waals surface area contributed by atoms with Crippen molar-refractivity contribution in [3.63, 3.8) is 0 Å². The van der Waals surface area contributed by atoms with Gasteiger partial charge in [0.05, 0.1) is 42.3 Å². The van der Waals surface area contributed by atoms with Crippen molar-refractivity contribution in [3.05, 3.63) is 82.2 Å². The highest BCUT2D eigenvalue weighted by molar-refractivity contribution is 5.97. The normalized spacial score (nSPS) is 10.7. The second kappa shape index (κ2) is 8.70.